The van der Waals surface area contributed by atoms with E-state index in [2.05, 4.69) is 49.7 Å². The van der Waals surface area contributed by atoms with Gasteiger partial charge in [-0.05, 0) is 108 Å². The second-order valence-electron chi connectivity index (χ2n) is 21.1. The number of aliphatic hydroxyl groups excluding tert-OH is 1. The van der Waals surface area contributed by atoms with Gasteiger partial charge in [-0.1, -0.05) is 56.7 Å². The average Bonchev–Trinajstić information content (AvgIpc) is 4.21. The highest BCUT2D eigenvalue weighted by Gasteiger charge is 2.58. The van der Waals surface area contributed by atoms with Crippen LogP contribution in [0.3, 0.4) is 0 Å². The molecule has 0 aromatic heterocycles. The number of rotatable bonds is 28. The molecule has 1 aromatic carbocycles. The summed E-state index contributed by atoms with van der Waals surface area (Å²) in [6, 6.07) is 2.24. The first kappa shape index (κ1) is 65.6. The van der Waals surface area contributed by atoms with Crippen molar-refractivity contribution in [1.82, 2.24) is 37.4 Å². The van der Waals surface area contributed by atoms with Crippen molar-refractivity contribution in [3.05, 3.63) is 65.8 Å². The molecule has 9 amide bonds. The first-order chi connectivity index (χ1) is 37.9. The molecule has 3 fully saturated rings. The number of anilines is 1. The molecule has 0 aliphatic carbocycles. The summed E-state index contributed by atoms with van der Waals surface area (Å²) in [5.74, 6) is -3.81. The number of aliphatic hydroxyl groups is 1. The number of hydrogen-bond acceptors (Lipinski definition) is 16. The normalized spacial score (nSPS) is 24.1. The third-order valence-electron chi connectivity index (χ3n) is 13.7. The number of epoxide rings is 1. The van der Waals surface area contributed by atoms with Gasteiger partial charge in [-0.3, -0.25) is 39.0 Å². The van der Waals surface area contributed by atoms with Gasteiger partial charge in [0.15, 0.2) is 0 Å². The summed E-state index contributed by atoms with van der Waals surface area (Å²) in [4.78, 5) is 113. The number of carbonyl (C=O) groups excluding carboxylic acids is 9. The van der Waals surface area contributed by atoms with Crippen LogP contribution in [0.25, 0.3) is 0 Å². The maximum absolute atomic E-state index is 13.7. The number of esters is 1. The number of benzene rings is 1. The fraction of sp³-hybridized carbons (Fsp3) is 0.618. The monoisotopic (exact) mass is 1120 g/mol. The van der Waals surface area contributed by atoms with Crippen LogP contribution in [0.2, 0.25) is 0 Å². The van der Waals surface area contributed by atoms with Crippen molar-refractivity contribution in [2.75, 3.05) is 25.0 Å². The standard InChI is InChI=1S/C55H84N10O15/c1-31(2)48(63-51(72)41(59-36(7)66)12-9-10-24-56)52(73)62-42(13-11-25-58-53(57)74)50(71)60-39-19-17-38(18-20-39)29-76-54(75)65-64-47(69)27-40-28-55(30-77-55)49(70)45(80-40)22-15-32(3)14-21-44-33(4)26-43(35(6)79-44)61-46(68)23-16-34(5)78-37(8)67/h14-20,22-23,31,33-35,40-45,48-49,70H,9-13,21,24-30,56H2,1-8H3,(H,59,66)(H,60,71)(H,61,68)(H,62,73)(H,63,72)(H,64,69)(H,65,75)(H3,57,58,74). The first-order valence-corrected chi connectivity index (χ1v) is 27.2. The zero-order chi connectivity index (χ0) is 59.1. The molecule has 25 heteroatoms. The van der Waals surface area contributed by atoms with Gasteiger partial charge in [-0.25, -0.2) is 15.0 Å². The van der Waals surface area contributed by atoms with Gasteiger partial charge in [0.25, 0.3) is 0 Å². The second kappa shape index (κ2) is 32.4. The predicted octanol–water partition coefficient (Wildman–Crippen LogP) is 1.97. The summed E-state index contributed by atoms with van der Waals surface area (Å²) in [5, 5.41) is 27.4. The number of primary amides is 1. The third kappa shape index (κ3) is 22.7. The fourth-order valence-corrected chi connectivity index (χ4v) is 9.21. The van der Waals surface area contributed by atoms with Gasteiger partial charge in [0, 0.05) is 38.6 Å². The lowest BCUT2D eigenvalue weighted by Gasteiger charge is -2.39. The summed E-state index contributed by atoms with van der Waals surface area (Å²) >= 11 is 0. The van der Waals surface area contributed by atoms with E-state index in [1.54, 1.807) is 51.1 Å². The zero-order valence-corrected chi connectivity index (χ0v) is 47.1. The molecule has 1 spiro atoms. The summed E-state index contributed by atoms with van der Waals surface area (Å²) in [7, 11) is 0. The van der Waals surface area contributed by atoms with Crippen LogP contribution in [0, 0.1) is 11.8 Å². The lowest BCUT2D eigenvalue weighted by molar-refractivity contribution is -0.146. The van der Waals surface area contributed by atoms with Gasteiger partial charge in [0.05, 0.1) is 37.4 Å². The SMILES string of the molecule is CC(=O)NC(CCCCN)C(=O)NC(C(=O)NC(CCCNC(N)=O)C(=O)Nc1ccc(COC(=O)NNC(=O)CC2CC3(CO3)C(O)C(C=CC(C)=CCC3OC(C)C(NC(=O)C=CC(C)OC(C)=O)CC3C)O2)cc1)C(C)C. The Morgan fingerprint density at radius 3 is 2.19 bits per heavy atom. The molecule has 3 aliphatic rings. The van der Waals surface area contributed by atoms with E-state index in [0.717, 1.165) is 5.57 Å². The highest BCUT2D eigenvalue weighted by molar-refractivity contribution is 5.99. The molecule has 0 radical (unpaired) electrons. The molecule has 12 unspecified atom stereocenters. The number of amides is 9. The summed E-state index contributed by atoms with van der Waals surface area (Å²) in [5.41, 5.74) is 16.2. The molecule has 444 valence electrons. The fourth-order valence-electron chi connectivity index (χ4n) is 9.21. The minimum absolute atomic E-state index is 0.0810. The summed E-state index contributed by atoms with van der Waals surface area (Å²) < 4.78 is 28.4. The number of ether oxygens (including phenoxy) is 5. The predicted molar refractivity (Wildman–Crippen MR) is 293 cm³/mol. The molecule has 13 N–H and O–H groups in total. The average molecular weight is 1130 g/mol. The topological polar surface area (TPSA) is 372 Å². The van der Waals surface area contributed by atoms with Gasteiger partial charge in [0.2, 0.25) is 35.4 Å². The zero-order valence-electron chi connectivity index (χ0n) is 47.1. The Bertz CT molecular complexity index is 2380. The largest absolute Gasteiger partial charge is 0.459 e. The lowest BCUT2D eigenvalue weighted by atomic mass is 9.87. The molecule has 3 saturated heterocycles. The van der Waals surface area contributed by atoms with Gasteiger partial charge >= 0.3 is 18.1 Å². The Morgan fingerprint density at radius 2 is 1.55 bits per heavy atom. The molecule has 3 aliphatic heterocycles. The lowest BCUT2D eigenvalue weighted by Crippen LogP contribution is -2.57. The van der Waals surface area contributed by atoms with Crippen molar-refractivity contribution < 1.29 is 71.9 Å². The number of carbonyl (C=O) groups is 9. The molecule has 4 rings (SSSR count). The molecule has 0 bridgehead atoms. The Balaban J connectivity index is 1.24. The van der Waals surface area contributed by atoms with Gasteiger partial charge < -0.3 is 72.2 Å². The highest BCUT2D eigenvalue weighted by atomic mass is 16.6. The Labute approximate surface area is 467 Å². The van der Waals surface area contributed by atoms with E-state index in [4.69, 9.17) is 35.2 Å². The molecule has 3 heterocycles. The third-order valence-corrected chi connectivity index (χ3v) is 13.7. The molecule has 0 saturated carbocycles. The van der Waals surface area contributed by atoms with Crippen molar-refractivity contribution >= 4 is 59.2 Å². The second-order valence-corrected chi connectivity index (χ2v) is 21.1. The summed E-state index contributed by atoms with van der Waals surface area (Å²) in [6.07, 6.45) is 7.46. The maximum atomic E-state index is 13.7. The number of nitrogens with one attached hydrogen (secondary N) is 8. The van der Waals surface area contributed by atoms with Crippen LogP contribution in [0.5, 0.6) is 0 Å². The van der Waals surface area contributed by atoms with E-state index in [1.807, 2.05) is 26.0 Å². The van der Waals surface area contributed by atoms with E-state index in [-0.39, 0.29) is 68.9 Å². The number of urea groups is 1. The Hall–Kier alpha value is -6.93. The molecule has 25 nitrogen and oxygen atoms in total. The number of unbranched alkanes of at least 4 members (excludes halogenated alkanes) is 1. The van der Waals surface area contributed by atoms with E-state index >= 15 is 0 Å². The minimum atomic E-state index is -1.12. The van der Waals surface area contributed by atoms with Gasteiger partial charge in [0.1, 0.15) is 48.6 Å². The van der Waals surface area contributed by atoms with Crippen LogP contribution in [-0.4, -0.2) is 145 Å². The number of allylic oxidation sites excluding steroid dienone is 2. The van der Waals surface area contributed by atoms with Gasteiger partial charge in [-0.2, -0.15) is 0 Å². The van der Waals surface area contributed by atoms with E-state index in [1.165, 1.54) is 26.0 Å². The van der Waals surface area contributed by atoms with E-state index < -0.39 is 102 Å². The quantitative estimate of drug-likeness (QED) is 0.0143. The number of hydrazine groups is 1. The van der Waals surface area contributed by atoms with Crippen LogP contribution in [0.15, 0.2) is 60.2 Å². The smallest absolute Gasteiger partial charge is 0.426 e. The van der Waals surface area contributed by atoms with Crippen molar-refractivity contribution in [3.63, 3.8) is 0 Å². The Kier molecular flexibility index (Phi) is 26.5. The van der Waals surface area contributed by atoms with Crippen LogP contribution in [0.1, 0.15) is 119 Å². The minimum Gasteiger partial charge on any atom is -0.459 e. The van der Waals surface area contributed by atoms with Crippen molar-refractivity contribution in [2.45, 2.75) is 186 Å². The van der Waals surface area contributed by atoms with Gasteiger partial charge in [-0.15, -0.1) is 0 Å². The summed E-state index contributed by atoms with van der Waals surface area (Å²) in [6.45, 7) is 14.2. The van der Waals surface area contributed by atoms with Crippen molar-refractivity contribution in [1.29, 1.82) is 0 Å². The first-order valence-electron chi connectivity index (χ1n) is 27.2. The van der Waals surface area contributed by atoms with Crippen LogP contribution >= 0.6 is 0 Å². The van der Waals surface area contributed by atoms with Crippen LogP contribution in [0.4, 0.5) is 15.3 Å². The Morgan fingerprint density at radius 1 is 0.863 bits per heavy atom. The number of nitrogens with two attached hydrogens (primary N) is 2. The molecule has 1 aromatic rings. The van der Waals surface area contributed by atoms with Crippen LogP contribution in [-0.2, 0) is 63.9 Å². The molecule has 80 heavy (non-hydrogen) atoms. The highest BCUT2D eigenvalue weighted by Crippen LogP contribution is 2.43. The molecule has 12 atom stereocenters. The van der Waals surface area contributed by atoms with Crippen molar-refractivity contribution in [3.8, 4) is 0 Å². The van der Waals surface area contributed by atoms with E-state index in [0.29, 0.717) is 56.5 Å². The van der Waals surface area contributed by atoms with Crippen LogP contribution < -0.4 is 54.2 Å². The maximum Gasteiger partial charge on any atom is 0.426 e. The molecular formula is C55H84N10O15. The van der Waals surface area contributed by atoms with E-state index in [9.17, 15) is 48.3 Å². The molecular weight excluding hydrogens is 1040 g/mol. The van der Waals surface area contributed by atoms with Crippen molar-refractivity contribution in [2.24, 2.45) is 23.3 Å². The number of hydrogen-bond donors (Lipinski definition) is 11.